The molecule has 0 aliphatic carbocycles. The fourth-order valence-corrected chi connectivity index (χ4v) is 2.13. The quantitative estimate of drug-likeness (QED) is 0.907. The van der Waals surface area contributed by atoms with E-state index >= 15 is 0 Å². The lowest BCUT2D eigenvalue weighted by atomic mass is 10.0. The highest BCUT2D eigenvalue weighted by Crippen LogP contribution is 2.16. The molecule has 4 heteroatoms. The minimum Gasteiger partial charge on any atom is -0.342 e. The zero-order valence-corrected chi connectivity index (χ0v) is 11.6. The van der Waals surface area contributed by atoms with Gasteiger partial charge < -0.3 is 5.32 Å². The topological polar surface area (TPSA) is 59.1 Å². The van der Waals surface area contributed by atoms with Crippen LogP contribution in [0, 0.1) is 5.92 Å². The molecule has 1 aromatic heterocycles. The Bertz CT molecular complexity index is 617. The molecule has 1 amide bonds. The second-order valence-corrected chi connectivity index (χ2v) is 5.15. The van der Waals surface area contributed by atoms with Crippen molar-refractivity contribution in [1.29, 1.82) is 0 Å². The highest BCUT2D eigenvalue weighted by molar-refractivity contribution is 6.06. The maximum Gasteiger partial charge on any atom is 0.254 e. The van der Waals surface area contributed by atoms with Crippen molar-refractivity contribution in [3.8, 4) is 0 Å². The second kappa shape index (κ2) is 6.28. The highest BCUT2D eigenvalue weighted by atomic mass is 16.2. The number of benzene rings is 1. The summed E-state index contributed by atoms with van der Waals surface area (Å²) in [6.45, 7) is 3.99. The number of carbonyl (C=O) groups is 1. The van der Waals surface area contributed by atoms with Gasteiger partial charge in [0.05, 0.1) is 17.1 Å². The van der Waals surface area contributed by atoms with Gasteiger partial charge in [-0.1, -0.05) is 32.0 Å². The van der Waals surface area contributed by atoms with Gasteiger partial charge in [0.15, 0.2) is 0 Å². The van der Waals surface area contributed by atoms with Crippen molar-refractivity contribution in [3.63, 3.8) is 0 Å². The van der Waals surface area contributed by atoms with E-state index < -0.39 is 6.04 Å². The summed E-state index contributed by atoms with van der Waals surface area (Å²) in [5.74, 6) is 0.0238. The molecule has 4 nitrogen and oxygen atoms in total. The molecule has 0 unspecified atom stereocenters. The van der Waals surface area contributed by atoms with Crippen molar-refractivity contribution in [2.45, 2.75) is 26.3 Å². The molecule has 0 fully saturated rings. The van der Waals surface area contributed by atoms with E-state index in [2.05, 4.69) is 10.3 Å². The van der Waals surface area contributed by atoms with Crippen LogP contribution in [-0.2, 0) is 4.79 Å². The van der Waals surface area contributed by atoms with Gasteiger partial charge in [-0.2, -0.15) is 0 Å². The van der Waals surface area contributed by atoms with E-state index in [1.807, 2.05) is 38.3 Å². The van der Waals surface area contributed by atoms with Crippen LogP contribution >= 0.6 is 0 Å². The normalized spacial score (nSPS) is 12.3. The Balaban J connectivity index is 2.25. The molecule has 1 N–H and O–H groups in total. The molecule has 1 atom stereocenters. The summed E-state index contributed by atoms with van der Waals surface area (Å²) < 4.78 is 0. The van der Waals surface area contributed by atoms with Crippen molar-refractivity contribution in [3.05, 3.63) is 42.1 Å². The lowest BCUT2D eigenvalue weighted by molar-refractivity contribution is 0.0944. The van der Waals surface area contributed by atoms with Crippen LogP contribution in [0.1, 0.15) is 30.6 Å². The predicted molar refractivity (Wildman–Crippen MR) is 78.1 cm³/mol. The molecule has 1 radical (unpaired) electrons. The van der Waals surface area contributed by atoms with Crippen LogP contribution < -0.4 is 5.32 Å². The molecule has 103 valence electrons. The Morgan fingerprint density at radius 1 is 1.30 bits per heavy atom. The van der Waals surface area contributed by atoms with Gasteiger partial charge in [-0.15, -0.1) is 0 Å². The number of aromatic nitrogens is 1. The van der Waals surface area contributed by atoms with Crippen LogP contribution in [0.2, 0.25) is 0 Å². The molecule has 0 aliphatic rings. The highest BCUT2D eigenvalue weighted by Gasteiger charge is 2.17. The molecule has 0 saturated carbocycles. The molecule has 1 heterocycles. The maximum atomic E-state index is 12.3. The Labute approximate surface area is 118 Å². The number of para-hydroxylation sites is 1. The van der Waals surface area contributed by atoms with Gasteiger partial charge in [0, 0.05) is 11.6 Å². The minimum atomic E-state index is -0.582. The predicted octanol–water partition coefficient (Wildman–Crippen LogP) is 2.49. The Hall–Kier alpha value is -2.23. The van der Waals surface area contributed by atoms with Crippen molar-refractivity contribution in [2.24, 2.45) is 5.92 Å². The average Bonchev–Trinajstić information content (AvgIpc) is 2.45. The van der Waals surface area contributed by atoms with Gasteiger partial charge in [-0.25, -0.2) is 0 Å². The molecule has 0 spiro atoms. The van der Waals surface area contributed by atoms with Gasteiger partial charge >= 0.3 is 0 Å². The molecule has 20 heavy (non-hydrogen) atoms. The van der Waals surface area contributed by atoms with E-state index in [1.54, 1.807) is 18.3 Å². The van der Waals surface area contributed by atoms with Gasteiger partial charge in [0.2, 0.25) is 6.29 Å². The van der Waals surface area contributed by atoms with Crippen LogP contribution in [0.3, 0.4) is 0 Å². The Morgan fingerprint density at radius 2 is 2.05 bits per heavy atom. The summed E-state index contributed by atoms with van der Waals surface area (Å²) in [5.41, 5.74) is 1.12. The lowest BCUT2D eigenvalue weighted by Crippen LogP contribution is -2.37. The number of nitrogens with one attached hydrogen (secondary N) is 1. The summed E-state index contributed by atoms with van der Waals surface area (Å²) in [6, 6.07) is 8.56. The zero-order chi connectivity index (χ0) is 14.5. The summed E-state index contributed by atoms with van der Waals surface area (Å²) >= 11 is 0. The largest absolute Gasteiger partial charge is 0.342 e. The van der Waals surface area contributed by atoms with E-state index in [9.17, 15) is 9.59 Å². The van der Waals surface area contributed by atoms with Crippen molar-refractivity contribution in [2.75, 3.05) is 0 Å². The first kappa shape index (κ1) is 14.2. The lowest BCUT2D eigenvalue weighted by Gasteiger charge is -2.14. The molecule has 0 aliphatic heterocycles. The summed E-state index contributed by atoms with van der Waals surface area (Å²) in [6.07, 6.45) is 4.11. The van der Waals surface area contributed by atoms with Crippen LogP contribution in [0.15, 0.2) is 36.5 Å². The zero-order valence-electron chi connectivity index (χ0n) is 11.6. The minimum absolute atomic E-state index is 0.289. The maximum absolute atomic E-state index is 12.3. The van der Waals surface area contributed by atoms with Crippen molar-refractivity contribution >= 4 is 23.1 Å². The second-order valence-electron chi connectivity index (χ2n) is 5.15. The van der Waals surface area contributed by atoms with Crippen molar-refractivity contribution in [1.82, 2.24) is 10.3 Å². The molecular weight excluding hydrogens is 252 g/mol. The number of hydrogen-bond donors (Lipinski definition) is 1. The van der Waals surface area contributed by atoms with Gasteiger partial charge in [0.1, 0.15) is 0 Å². The molecule has 1 aromatic carbocycles. The summed E-state index contributed by atoms with van der Waals surface area (Å²) in [4.78, 5) is 27.4. The van der Waals surface area contributed by atoms with E-state index in [1.165, 1.54) is 0 Å². The van der Waals surface area contributed by atoms with Gasteiger partial charge in [-0.3, -0.25) is 14.6 Å². The number of rotatable bonds is 5. The standard InChI is InChI=1S/C16H17N2O2/c1-11(2)9-13(10-19)18-16(20)14-7-3-5-12-6-4-8-17-15(12)14/h3-8,11,13H,9H2,1-2H3,(H,18,20)/t13-/m0/s1. The SMILES string of the molecule is CC(C)C[C@@H]([C]=O)NC(=O)c1cccc2cccnc12. The summed E-state index contributed by atoms with van der Waals surface area (Å²) in [7, 11) is 0. The van der Waals surface area contributed by atoms with Crippen LogP contribution in [0.4, 0.5) is 0 Å². The average molecular weight is 269 g/mol. The molecule has 0 saturated heterocycles. The van der Waals surface area contributed by atoms with E-state index in [4.69, 9.17) is 0 Å². The van der Waals surface area contributed by atoms with Crippen LogP contribution in [0.5, 0.6) is 0 Å². The first-order chi connectivity index (χ1) is 9.61. The fraction of sp³-hybridized carbons (Fsp3) is 0.312. The fourth-order valence-electron chi connectivity index (χ4n) is 2.13. The molecular formula is C16H17N2O2. The Kier molecular flexibility index (Phi) is 4.45. The number of hydrogen-bond acceptors (Lipinski definition) is 3. The number of pyridine rings is 1. The number of nitrogens with zero attached hydrogens (tertiary/aromatic N) is 1. The first-order valence-corrected chi connectivity index (χ1v) is 6.64. The monoisotopic (exact) mass is 269 g/mol. The first-order valence-electron chi connectivity index (χ1n) is 6.64. The van der Waals surface area contributed by atoms with Crippen LogP contribution in [0.25, 0.3) is 10.9 Å². The third kappa shape index (κ3) is 3.20. The van der Waals surface area contributed by atoms with E-state index in [-0.39, 0.29) is 5.91 Å². The number of carbonyl (C=O) groups excluding carboxylic acids is 2. The van der Waals surface area contributed by atoms with Crippen molar-refractivity contribution < 1.29 is 9.59 Å². The van der Waals surface area contributed by atoms with Gasteiger partial charge in [-0.05, 0) is 24.5 Å². The molecule has 2 rings (SSSR count). The summed E-state index contributed by atoms with van der Waals surface area (Å²) in [5, 5.41) is 3.60. The van der Waals surface area contributed by atoms with E-state index in [0.29, 0.717) is 23.4 Å². The van der Waals surface area contributed by atoms with E-state index in [0.717, 1.165) is 5.39 Å². The van der Waals surface area contributed by atoms with Crippen LogP contribution in [-0.4, -0.2) is 23.2 Å². The Morgan fingerprint density at radius 3 is 2.75 bits per heavy atom. The third-order valence-corrected chi connectivity index (χ3v) is 3.03. The number of amides is 1. The molecule has 2 aromatic rings. The smallest absolute Gasteiger partial charge is 0.254 e. The third-order valence-electron chi connectivity index (χ3n) is 3.03. The molecule has 0 bridgehead atoms. The number of fused-ring (bicyclic) bond motifs is 1. The van der Waals surface area contributed by atoms with Gasteiger partial charge in [0.25, 0.3) is 5.91 Å².